The molecule has 94 valence electrons. The van der Waals surface area contributed by atoms with E-state index in [0.29, 0.717) is 11.6 Å². The summed E-state index contributed by atoms with van der Waals surface area (Å²) in [7, 11) is 2.08. The molecule has 0 aliphatic rings. The highest BCUT2D eigenvalue weighted by atomic mass is 15.1. The fourth-order valence-electron chi connectivity index (χ4n) is 1.66. The predicted octanol–water partition coefficient (Wildman–Crippen LogP) is 1.84. The number of hydrogen-bond donors (Lipinski definition) is 2. The number of nitrogens with two attached hydrogens (primary N) is 1. The Hall–Kier alpha value is -1.42. The molecule has 0 spiro atoms. The Morgan fingerprint density at radius 2 is 2.24 bits per heavy atom. The Balaban J connectivity index is 2.64. The van der Waals surface area contributed by atoms with Crippen molar-refractivity contribution in [3.8, 4) is 0 Å². The normalized spacial score (nSPS) is 11.1. The highest BCUT2D eigenvalue weighted by Crippen LogP contribution is 2.09. The van der Waals surface area contributed by atoms with Crippen molar-refractivity contribution in [2.75, 3.05) is 13.6 Å². The molecule has 0 aliphatic heterocycles. The summed E-state index contributed by atoms with van der Waals surface area (Å²) in [4.78, 5) is 6.39. The number of hydrogen-bond acceptors (Lipinski definition) is 3. The molecule has 0 saturated carbocycles. The van der Waals surface area contributed by atoms with Gasteiger partial charge in [0.2, 0.25) is 0 Å². The minimum Gasteiger partial charge on any atom is -0.382 e. The molecule has 0 amide bonds. The lowest BCUT2D eigenvalue weighted by atomic mass is 10.1. The van der Waals surface area contributed by atoms with Gasteiger partial charge in [0.15, 0.2) is 0 Å². The summed E-state index contributed by atoms with van der Waals surface area (Å²) in [6.07, 6.45) is 2.85. The molecule has 0 radical (unpaired) electrons. The van der Waals surface area contributed by atoms with Crippen LogP contribution in [0.15, 0.2) is 18.3 Å². The highest BCUT2D eigenvalue weighted by Gasteiger charge is 2.08. The predicted molar refractivity (Wildman–Crippen MR) is 71.0 cm³/mol. The largest absolute Gasteiger partial charge is 0.382 e. The first-order valence-electron chi connectivity index (χ1n) is 5.97. The first-order valence-corrected chi connectivity index (χ1v) is 5.97. The van der Waals surface area contributed by atoms with Gasteiger partial charge in [-0.3, -0.25) is 10.4 Å². The van der Waals surface area contributed by atoms with Gasteiger partial charge in [-0.05, 0) is 37.6 Å². The second-order valence-corrected chi connectivity index (χ2v) is 4.85. The number of nitrogens with zero attached hydrogens (tertiary/aromatic N) is 2. The highest BCUT2D eigenvalue weighted by molar-refractivity contribution is 5.94. The van der Waals surface area contributed by atoms with Crippen molar-refractivity contribution < 1.29 is 0 Å². The summed E-state index contributed by atoms with van der Waals surface area (Å²) in [6, 6.07) is 3.87. The molecule has 4 nitrogen and oxygen atoms in total. The van der Waals surface area contributed by atoms with Gasteiger partial charge in [0.1, 0.15) is 11.5 Å². The number of rotatable bonds is 6. The molecule has 1 rings (SSSR count). The molecule has 17 heavy (non-hydrogen) atoms. The summed E-state index contributed by atoms with van der Waals surface area (Å²) in [5, 5.41) is 7.49. The lowest BCUT2D eigenvalue weighted by molar-refractivity contribution is 0.303. The maximum absolute atomic E-state index is 7.49. The summed E-state index contributed by atoms with van der Waals surface area (Å²) >= 11 is 0. The van der Waals surface area contributed by atoms with Crippen molar-refractivity contribution in [3.05, 3.63) is 29.6 Å². The van der Waals surface area contributed by atoms with Crippen LogP contribution in [0, 0.1) is 11.3 Å². The van der Waals surface area contributed by atoms with Crippen LogP contribution in [0.1, 0.15) is 31.5 Å². The molecule has 3 N–H and O–H groups in total. The van der Waals surface area contributed by atoms with Gasteiger partial charge in [0, 0.05) is 12.7 Å². The van der Waals surface area contributed by atoms with Crippen LogP contribution in [0.25, 0.3) is 0 Å². The summed E-state index contributed by atoms with van der Waals surface area (Å²) in [5.74, 6) is 0.747. The van der Waals surface area contributed by atoms with E-state index in [-0.39, 0.29) is 5.84 Å². The number of pyridine rings is 1. The van der Waals surface area contributed by atoms with E-state index in [9.17, 15) is 0 Å². The topological polar surface area (TPSA) is 66.0 Å². The van der Waals surface area contributed by atoms with Crippen molar-refractivity contribution in [2.45, 2.75) is 26.8 Å². The monoisotopic (exact) mass is 234 g/mol. The van der Waals surface area contributed by atoms with Gasteiger partial charge in [0.25, 0.3) is 0 Å². The molecule has 0 saturated heterocycles. The first kappa shape index (κ1) is 13.6. The van der Waals surface area contributed by atoms with Crippen LogP contribution in [0.4, 0.5) is 0 Å². The Labute approximate surface area is 103 Å². The second kappa shape index (κ2) is 6.35. The van der Waals surface area contributed by atoms with E-state index in [1.165, 1.54) is 6.42 Å². The second-order valence-electron chi connectivity index (χ2n) is 4.85. The Morgan fingerprint density at radius 1 is 1.53 bits per heavy atom. The Morgan fingerprint density at radius 3 is 2.82 bits per heavy atom. The van der Waals surface area contributed by atoms with E-state index in [2.05, 4.69) is 30.8 Å². The zero-order valence-electron chi connectivity index (χ0n) is 10.9. The summed E-state index contributed by atoms with van der Waals surface area (Å²) in [5.41, 5.74) is 7.14. The molecule has 0 atom stereocenters. The molecular weight excluding hydrogens is 212 g/mol. The molecule has 0 aliphatic carbocycles. The van der Waals surface area contributed by atoms with E-state index < -0.39 is 0 Å². The van der Waals surface area contributed by atoms with Crippen molar-refractivity contribution in [3.63, 3.8) is 0 Å². The van der Waals surface area contributed by atoms with Crippen molar-refractivity contribution >= 4 is 5.84 Å². The molecule has 4 heteroatoms. The van der Waals surface area contributed by atoms with Crippen molar-refractivity contribution in [1.82, 2.24) is 9.88 Å². The Kier molecular flexibility index (Phi) is 5.10. The van der Waals surface area contributed by atoms with E-state index in [1.807, 2.05) is 12.1 Å². The van der Waals surface area contributed by atoms with Crippen LogP contribution in [0.3, 0.4) is 0 Å². The van der Waals surface area contributed by atoms with Crippen molar-refractivity contribution in [2.24, 2.45) is 11.7 Å². The molecule has 1 aromatic rings. The zero-order chi connectivity index (χ0) is 12.8. The molecule has 0 fully saturated rings. The van der Waals surface area contributed by atoms with Gasteiger partial charge in [0.05, 0.1) is 0 Å². The minimum atomic E-state index is 0.0397. The summed E-state index contributed by atoms with van der Waals surface area (Å²) in [6.45, 7) is 6.28. The quantitative estimate of drug-likeness (QED) is 0.583. The van der Waals surface area contributed by atoms with E-state index in [0.717, 1.165) is 18.7 Å². The van der Waals surface area contributed by atoms with E-state index in [1.54, 1.807) is 6.20 Å². The fraction of sp³-hybridized carbons (Fsp3) is 0.538. The molecule has 1 heterocycles. The van der Waals surface area contributed by atoms with E-state index in [4.69, 9.17) is 11.1 Å². The average molecular weight is 234 g/mol. The SMILES string of the molecule is CC(C)CCN(C)Cc1cccnc1C(=N)N. The van der Waals surface area contributed by atoms with Crippen LogP contribution in [-0.4, -0.2) is 29.3 Å². The third kappa shape index (κ3) is 4.53. The van der Waals surface area contributed by atoms with Gasteiger partial charge in [-0.15, -0.1) is 0 Å². The smallest absolute Gasteiger partial charge is 0.142 e. The third-order valence-electron chi connectivity index (χ3n) is 2.67. The number of nitrogen functional groups attached to an aromatic ring is 1. The van der Waals surface area contributed by atoms with Crippen LogP contribution in [0.5, 0.6) is 0 Å². The first-order chi connectivity index (χ1) is 8.00. The van der Waals surface area contributed by atoms with Gasteiger partial charge in [-0.2, -0.15) is 0 Å². The lowest BCUT2D eigenvalue weighted by Crippen LogP contribution is -2.23. The van der Waals surface area contributed by atoms with Gasteiger partial charge >= 0.3 is 0 Å². The number of amidine groups is 1. The summed E-state index contributed by atoms with van der Waals surface area (Å²) < 4.78 is 0. The Bertz CT molecular complexity index is 373. The third-order valence-corrected chi connectivity index (χ3v) is 2.67. The van der Waals surface area contributed by atoms with Gasteiger partial charge in [-0.1, -0.05) is 19.9 Å². The van der Waals surface area contributed by atoms with Crippen LogP contribution >= 0.6 is 0 Å². The zero-order valence-corrected chi connectivity index (χ0v) is 10.9. The fourth-order valence-corrected chi connectivity index (χ4v) is 1.66. The van der Waals surface area contributed by atoms with Gasteiger partial charge in [-0.25, -0.2) is 0 Å². The molecule has 0 aromatic carbocycles. The molecular formula is C13H22N4. The molecule has 1 aromatic heterocycles. The number of nitrogens with one attached hydrogen (secondary N) is 1. The minimum absolute atomic E-state index is 0.0397. The standard InChI is InChI=1S/C13H22N4/c1-10(2)6-8-17(3)9-11-5-4-7-16-12(11)13(14)15/h4-5,7,10H,6,8-9H2,1-3H3,(H3,14,15). The molecule has 0 unspecified atom stereocenters. The van der Waals surface area contributed by atoms with Crippen molar-refractivity contribution in [1.29, 1.82) is 5.41 Å². The van der Waals surface area contributed by atoms with Crippen LogP contribution in [0.2, 0.25) is 0 Å². The van der Waals surface area contributed by atoms with Crippen LogP contribution < -0.4 is 5.73 Å². The molecule has 0 bridgehead atoms. The maximum Gasteiger partial charge on any atom is 0.142 e. The lowest BCUT2D eigenvalue weighted by Gasteiger charge is -2.19. The average Bonchev–Trinajstić information content (AvgIpc) is 2.27. The van der Waals surface area contributed by atoms with Gasteiger partial charge < -0.3 is 10.6 Å². The van der Waals surface area contributed by atoms with Crippen LogP contribution in [-0.2, 0) is 6.54 Å². The number of aromatic nitrogens is 1. The maximum atomic E-state index is 7.49. The van der Waals surface area contributed by atoms with E-state index >= 15 is 0 Å².